The van der Waals surface area contributed by atoms with E-state index in [1.165, 1.54) is 14.1 Å². The number of nitrogens with zero attached hydrogens (tertiary/aromatic N) is 1. The number of rotatable bonds is 6. The van der Waals surface area contributed by atoms with Gasteiger partial charge in [-0.25, -0.2) is 0 Å². The summed E-state index contributed by atoms with van der Waals surface area (Å²) in [5.74, 6) is 0. The van der Waals surface area contributed by atoms with Crippen LogP contribution in [0.25, 0.3) is 0 Å². The molecule has 0 saturated carbocycles. The minimum Gasteiger partial charge on any atom is -0.389 e. The Kier molecular flexibility index (Phi) is 5.00. The quantitative estimate of drug-likeness (QED) is 0.664. The largest absolute Gasteiger partial charge is 0.389 e. The zero-order valence-corrected chi connectivity index (χ0v) is 10.1. The number of aliphatic hydroxyl groups is 1. The SMILES string of the molecule is CCC(O)(CC)CNS(=O)(=O)N(C)C. The maximum absolute atomic E-state index is 11.3. The third-order valence-electron chi connectivity index (χ3n) is 2.38. The van der Waals surface area contributed by atoms with Crippen LogP contribution >= 0.6 is 0 Å². The Bertz CT molecular complexity index is 258. The van der Waals surface area contributed by atoms with E-state index in [4.69, 9.17) is 0 Å². The molecule has 0 aliphatic carbocycles. The van der Waals surface area contributed by atoms with Gasteiger partial charge in [-0.3, -0.25) is 0 Å². The predicted molar refractivity (Wildman–Crippen MR) is 56.1 cm³/mol. The van der Waals surface area contributed by atoms with Gasteiger partial charge in [0.2, 0.25) is 0 Å². The first-order valence-electron chi connectivity index (χ1n) is 4.67. The second kappa shape index (κ2) is 5.06. The van der Waals surface area contributed by atoms with Crippen LogP contribution in [0.1, 0.15) is 26.7 Å². The van der Waals surface area contributed by atoms with Gasteiger partial charge in [-0.1, -0.05) is 13.8 Å². The average Bonchev–Trinajstić information content (AvgIpc) is 2.14. The lowest BCUT2D eigenvalue weighted by Crippen LogP contribution is -2.45. The van der Waals surface area contributed by atoms with Crippen molar-refractivity contribution >= 4 is 10.2 Å². The third-order valence-corrected chi connectivity index (χ3v) is 3.85. The van der Waals surface area contributed by atoms with Gasteiger partial charge in [0.05, 0.1) is 5.60 Å². The lowest BCUT2D eigenvalue weighted by Gasteiger charge is -2.26. The van der Waals surface area contributed by atoms with Gasteiger partial charge in [-0.2, -0.15) is 17.4 Å². The van der Waals surface area contributed by atoms with Crippen LogP contribution in [-0.2, 0) is 10.2 Å². The molecule has 0 aliphatic heterocycles. The van der Waals surface area contributed by atoms with E-state index >= 15 is 0 Å². The van der Waals surface area contributed by atoms with E-state index in [0.29, 0.717) is 12.8 Å². The predicted octanol–water partition coefficient (Wildman–Crippen LogP) is -0.0665. The molecule has 2 N–H and O–H groups in total. The zero-order chi connectivity index (χ0) is 11.4. The molecule has 0 rings (SSSR count). The molecule has 0 fully saturated rings. The maximum Gasteiger partial charge on any atom is 0.279 e. The summed E-state index contributed by atoms with van der Waals surface area (Å²) < 4.78 is 26.1. The lowest BCUT2D eigenvalue weighted by molar-refractivity contribution is 0.0374. The topological polar surface area (TPSA) is 69.6 Å². The molecule has 0 aromatic heterocycles. The minimum absolute atomic E-state index is 0.0561. The van der Waals surface area contributed by atoms with Crippen molar-refractivity contribution in [3.05, 3.63) is 0 Å². The summed E-state index contributed by atoms with van der Waals surface area (Å²) in [6, 6.07) is 0. The molecule has 5 nitrogen and oxygen atoms in total. The highest BCUT2D eigenvalue weighted by Gasteiger charge is 2.25. The summed E-state index contributed by atoms with van der Waals surface area (Å²) >= 11 is 0. The Labute approximate surface area is 86.3 Å². The first-order chi connectivity index (χ1) is 6.27. The normalized spacial score (nSPS) is 13.6. The molecule has 0 unspecified atom stereocenters. The van der Waals surface area contributed by atoms with Crippen molar-refractivity contribution in [2.24, 2.45) is 0 Å². The fraction of sp³-hybridized carbons (Fsp3) is 1.00. The van der Waals surface area contributed by atoms with Gasteiger partial charge in [0.1, 0.15) is 0 Å². The highest BCUT2D eigenvalue weighted by atomic mass is 32.2. The summed E-state index contributed by atoms with van der Waals surface area (Å²) in [5.41, 5.74) is -0.941. The van der Waals surface area contributed by atoms with E-state index in [1.807, 2.05) is 13.8 Å². The Morgan fingerprint density at radius 3 is 2.00 bits per heavy atom. The standard InChI is InChI=1S/C8H20N2O3S/c1-5-8(11,6-2)7-9-14(12,13)10(3)4/h9,11H,5-7H2,1-4H3. The molecule has 6 heteroatoms. The van der Waals surface area contributed by atoms with Crippen LogP contribution < -0.4 is 4.72 Å². The van der Waals surface area contributed by atoms with Crippen LogP contribution in [0.2, 0.25) is 0 Å². The van der Waals surface area contributed by atoms with Gasteiger partial charge < -0.3 is 5.11 Å². The van der Waals surface area contributed by atoms with E-state index in [-0.39, 0.29) is 6.54 Å². The maximum atomic E-state index is 11.3. The van der Waals surface area contributed by atoms with E-state index < -0.39 is 15.8 Å². The molecule has 86 valence electrons. The van der Waals surface area contributed by atoms with E-state index in [9.17, 15) is 13.5 Å². The fourth-order valence-electron chi connectivity index (χ4n) is 0.855. The molecular weight excluding hydrogens is 204 g/mol. The van der Waals surface area contributed by atoms with Gasteiger partial charge in [-0.15, -0.1) is 0 Å². The van der Waals surface area contributed by atoms with Gasteiger partial charge in [0.25, 0.3) is 10.2 Å². The number of hydrogen-bond acceptors (Lipinski definition) is 3. The molecule has 0 bridgehead atoms. The molecule has 0 aromatic carbocycles. The zero-order valence-electron chi connectivity index (χ0n) is 9.24. The second-order valence-corrected chi connectivity index (χ2v) is 5.51. The summed E-state index contributed by atoms with van der Waals surface area (Å²) in [6.07, 6.45) is 1.05. The Hall–Kier alpha value is -0.170. The smallest absolute Gasteiger partial charge is 0.279 e. The molecule has 0 atom stereocenters. The van der Waals surface area contributed by atoms with Crippen molar-refractivity contribution < 1.29 is 13.5 Å². The Balaban J connectivity index is 4.31. The van der Waals surface area contributed by atoms with E-state index in [0.717, 1.165) is 4.31 Å². The van der Waals surface area contributed by atoms with Crippen LogP contribution in [0, 0.1) is 0 Å². The van der Waals surface area contributed by atoms with Crippen molar-refractivity contribution in [3.8, 4) is 0 Å². The van der Waals surface area contributed by atoms with Crippen molar-refractivity contribution in [3.63, 3.8) is 0 Å². The van der Waals surface area contributed by atoms with Crippen molar-refractivity contribution in [1.29, 1.82) is 0 Å². The highest BCUT2D eigenvalue weighted by molar-refractivity contribution is 7.87. The molecule has 0 aliphatic rings. The average molecular weight is 224 g/mol. The first-order valence-corrected chi connectivity index (χ1v) is 6.11. The minimum atomic E-state index is -3.43. The molecular formula is C8H20N2O3S. The van der Waals surface area contributed by atoms with Crippen LogP contribution in [0.15, 0.2) is 0 Å². The number of nitrogens with one attached hydrogen (secondary N) is 1. The van der Waals surface area contributed by atoms with E-state index in [2.05, 4.69) is 4.72 Å². The van der Waals surface area contributed by atoms with Crippen LogP contribution in [0.5, 0.6) is 0 Å². The molecule has 0 aromatic rings. The monoisotopic (exact) mass is 224 g/mol. The molecule has 14 heavy (non-hydrogen) atoms. The highest BCUT2D eigenvalue weighted by Crippen LogP contribution is 2.13. The van der Waals surface area contributed by atoms with Crippen LogP contribution in [0.3, 0.4) is 0 Å². The third kappa shape index (κ3) is 3.91. The number of hydrogen-bond donors (Lipinski definition) is 2. The van der Waals surface area contributed by atoms with Gasteiger partial charge >= 0.3 is 0 Å². The van der Waals surface area contributed by atoms with Crippen LogP contribution in [0.4, 0.5) is 0 Å². The fourth-order valence-corrected chi connectivity index (χ4v) is 1.56. The summed E-state index contributed by atoms with van der Waals surface area (Å²) in [6.45, 7) is 3.71. The van der Waals surface area contributed by atoms with Crippen molar-refractivity contribution in [1.82, 2.24) is 9.03 Å². The summed E-state index contributed by atoms with van der Waals surface area (Å²) in [7, 11) is -0.541. The molecule has 0 saturated heterocycles. The van der Waals surface area contributed by atoms with Gasteiger partial charge in [0.15, 0.2) is 0 Å². The van der Waals surface area contributed by atoms with Crippen molar-refractivity contribution in [2.45, 2.75) is 32.3 Å². The molecule has 0 heterocycles. The Morgan fingerprint density at radius 1 is 1.29 bits per heavy atom. The molecule has 0 amide bonds. The first kappa shape index (κ1) is 13.8. The van der Waals surface area contributed by atoms with Crippen molar-refractivity contribution in [2.75, 3.05) is 20.6 Å². The van der Waals surface area contributed by atoms with E-state index in [1.54, 1.807) is 0 Å². The lowest BCUT2D eigenvalue weighted by atomic mass is 9.98. The van der Waals surface area contributed by atoms with Crippen LogP contribution in [-0.4, -0.2) is 44.1 Å². The van der Waals surface area contributed by atoms with Gasteiger partial charge in [-0.05, 0) is 12.8 Å². The second-order valence-electron chi connectivity index (χ2n) is 3.54. The molecule has 0 radical (unpaired) electrons. The van der Waals surface area contributed by atoms with Gasteiger partial charge in [0, 0.05) is 20.6 Å². The summed E-state index contributed by atoms with van der Waals surface area (Å²) in [5, 5.41) is 9.83. The molecule has 0 spiro atoms. The Morgan fingerprint density at radius 2 is 1.71 bits per heavy atom. The summed E-state index contributed by atoms with van der Waals surface area (Å²) in [4.78, 5) is 0.